The fraction of sp³-hybridized carbons (Fsp3) is 0.0227. The number of furan rings is 1. The van der Waals surface area contributed by atoms with Crippen molar-refractivity contribution in [1.82, 2.24) is 15.0 Å². The van der Waals surface area contributed by atoms with Gasteiger partial charge in [0.05, 0.1) is 0 Å². The smallest absolute Gasteiger partial charge is 0.164 e. The third-order valence-electron chi connectivity index (χ3n) is 8.92. The molecule has 0 bridgehead atoms. The highest BCUT2D eigenvalue weighted by Crippen LogP contribution is 2.39. The number of allylic oxidation sites excluding steroid dienone is 4. The van der Waals surface area contributed by atoms with Gasteiger partial charge in [0.1, 0.15) is 22.7 Å². The van der Waals surface area contributed by atoms with Crippen LogP contribution in [-0.4, -0.2) is 15.0 Å². The third kappa shape index (κ3) is 5.37. The van der Waals surface area contributed by atoms with Crippen LogP contribution in [0.25, 0.3) is 78.0 Å². The van der Waals surface area contributed by atoms with E-state index in [9.17, 15) is 0 Å². The molecule has 232 valence electrons. The third-order valence-corrected chi connectivity index (χ3v) is 8.92. The number of aromatic nitrogens is 3. The van der Waals surface area contributed by atoms with Gasteiger partial charge >= 0.3 is 0 Å². The van der Waals surface area contributed by atoms with Crippen LogP contribution in [0.3, 0.4) is 0 Å². The summed E-state index contributed by atoms with van der Waals surface area (Å²) in [6, 6.07) is 43.5. The van der Waals surface area contributed by atoms with Gasteiger partial charge in [0.25, 0.3) is 0 Å². The average molecular weight is 632 g/mol. The van der Waals surface area contributed by atoms with Crippen LogP contribution in [0, 0.1) is 0 Å². The van der Waals surface area contributed by atoms with Gasteiger partial charge in [-0.25, -0.2) is 15.0 Å². The predicted molar refractivity (Wildman–Crippen MR) is 198 cm³/mol. The van der Waals surface area contributed by atoms with Crippen LogP contribution in [0.5, 0.6) is 5.75 Å². The lowest BCUT2D eigenvalue weighted by atomic mass is 10.0. The molecule has 0 aliphatic carbocycles. The minimum atomic E-state index is 0.547. The molecule has 0 saturated carbocycles. The maximum atomic E-state index is 6.38. The lowest BCUT2D eigenvalue weighted by Crippen LogP contribution is -2.01. The van der Waals surface area contributed by atoms with Crippen LogP contribution < -0.4 is 4.74 Å². The Hall–Kier alpha value is -6.59. The van der Waals surface area contributed by atoms with E-state index in [4.69, 9.17) is 24.1 Å². The first-order valence-electron chi connectivity index (χ1n) is 16.3. The Morgan fingerprint density at radius 2 is 1.31 bits per heavy atom. The summed E-state index contributed by atoms with van der Waals surface area (Å²) in [7, 11) is 0. The molecule has 0 amide bonds. The van der Waals surface area contributed by atoms with Gasteiger partial charge in [0, 0.05) is 27.5 Å². The van der Waals surface area contributed by atoms with Crippen molar-refractivity contribution in [2.75, 3.05) is 0 Å². The van der Waals surface area contributed by atoms with E-state index in [0.717, 1.165) is 78.3 Å². The zero-order valence-electron chi connectivity index (χ0n) is 26.5. The SMILES string of the molecule is C=C1/C=C\C=C/Cc2ccc(-c3nc(-c4ccc5ccccc5c4)nc(-c4cccc5oc6ccc(-c7ccccc7)cc6c45)n3)cc2O1. The largest absolute Gasteiger partial charge is 0.458 e. The summed E-state index contributed by atoms with van der Waals surface area (Å²) in [4.78, 5) is 15.3. The van der Waals surface area contributed by atoms with Crippen molar-refractivity contribution in [2.24, 2.45) is 0 Å². The molecule has 0 fully saturated rings. The molecule has 8 aromatic rings. The number of hydrogen-bond donors (Lipinski definition) is 0. The Balaban J connectivity index is 1.26. The van der Waals surface area contributed by atoms with Crippen molar-refractivity contribution in [1.29, 1.82) is 0 Å². The zero-order valence-corrected chi connectivity index (χ0v) is 26.5. The number of benzene rings is 6. The van der Waals surface area contributed by atoms with Crippen molar-refractivity contribution in [3.05, 3.63) is 170 Å². The highest BCUT2D eigenvalue weighted by atomic mass is 16.5. The van der Waals surface area contributed by atoms with Crippen LogP contribution in [0.4, 0.5) is 0 Å². The second-order valence-corrected chi connectivity index (χ2v) is 12.1. The van der Waals surface area contributed by atoms with Crippen LogP contribution in [0.1, 0.15) is 5.56 Å². The van der Waals surface area contributed by atoms with Crippen LogP contribution >= 0.6 is 0 Å². The molecular weight excluding hydrogens is 603 g/mol. The van der Waals surface area contributed by atoms with E-state index in [1.807, 2.05) is 66.8 Å². The summed E-state index contributed by atoms with van der Waals surface area (Å²) in [6.45, 7) is 4.07. The van der Waals surface area contributed by atoms with Gasteiger partial charge in [-0.1, -0.05) is 122 Å². The highest BCUT2D eigenvalue weighted by molar-refractivity contribution is 6.12. The summed E-state index contributed by atoms with van der Waals surface area (Å²) >= 11 is 0. The molecule has 2 aromatic heterocycles. The van der Waals surface area contributed by atoms with Gasteiger partial charge in [0.15, 0.2) is 17.5 Å². The Kier molecular flexibility index (Phi) is 6.95. The summed E-state index contributed by atoms with van der Waals surface area (Å²) in [5.74, 6) is 2.98. The Labute approximate surface area is 283 Å². The Bertz CT molecular complexity index is 2630. The first-order chi connectivity index (χ1) is 24.2. The molecule has 9 rings (SSSR count). The molecule has 1 aliphatic rings. The zero-order chi connectivity index (χ0) is 32.7. The molecule has 0 N–H and O–H groups in total. The fourth-order valence-corrected chi connectivity index (χ4v) is 6.48. The normalized spacial score (nSPS) is 14.2. The average Bonchev–Trinajstić information content (AvgIpc) is 3.56. The topological polar surface area (TPSA) is 61.0 Å². The van der Waals surface area contributed by atoms with Gasteiger partial charge in [0.2, 0.25) is 0 Å². The molecule has 3 heterocycles. The van der Waals surface area contributed by atoms with E-state index in [-0.39, 0.29) is 0 Å². The summed E-state index contributed by atoms with van der Waals surface area (Å²) in [5.41, 5.74) is 7.49. The van der Waals surface area contributed by atoms with Gasteiger partial charge in [-0.05, 0) is 70.3 Å². The van der Waals surface area contributed by atoms with E-state index in [1.54, 1.807) is 0 Å². The molecule has 5 heteroatoms. The van der Waals surface area contributed by atoms with Crippen LogP contribution in [0.2, 0.25) is 0 Å². The van der Waals surface area contributed by atoms with Crippen LogP contribution in [-0.2, 0) is 6.42 Å². The summed E-state index contributed by atoms with van der Waals surface area (Å²) in [5, 5.41) is 4.24. The fourth-order valence-electron chi connectivity index (χ4n) is 6.48. The second kappa shape index (κ2) is 11.9. The molecule has 1 aliphatic heterocycles. The van der Waals surface area contributed by atoms with E-state index in [2.05, 4.69) is 91.5 Å². The standard InChI is InChI=1S/C44H29N3O2/c1-28-11-4-2-7-15-31-20-22-35(27-40(31)48-28)43-45-42(34-21-19-30-14-8-9-16-32(30)25-34)46-44(47-43)36-17-10-18-39-41(36)37-26-33(23-24-38(37)49-39)29-12-5-3-6-13-29/h2-14,16-27H,1,15H2/b7-2-,11-4-. The van der Waals surface area contributed by atoms with E-state index < -0.39 is 0 Å². The summed E-state index contributed by atoms with van der Waals surface area (Å²) < 4.78 is 12.6. The van der Waals surface area contributed by atoms with Crippen molar-refractivity contribution in [3.8, 4) is 51.0 Å². The van der Waals surface area contributed by atoms with E-state index in [1.165, 1.54) is 0 Å². The van der Waals surface area contributed by atoms with Crippen molar-refractivity contribution in [2.45, 2.75) is 6.42 Å². The molecule has 0 atom stereocenters. The number of ether oxygens (including phenoxy) is 1. The maximum Gasteiger partial charge on any atom is 0.164 e. The van der Waals surface area contributed by atoms with E-state index in [0.29, 0.717) is 23.2 Å². The number of fused-ring (bicyclic) bond motifs is 5. The van der Waals surface area contributed by atoms with Gasteiger partial charge in [-0.15, -0.1) is 0 Å². The molecule has 5 nitrogen and oxygen atoms in total. The molecule has 0 radical (unpaired) electrons. The van der Waals surface area contributed by atoms with Crippen LogP contribution in [0.15, 0.2) is 168 Å². The minimum absolute atomic E-state index is 0.547. The first-order valence-corrected chi connectivity index (χ1v) is 16.3. The molecule has 49 heavy (non-hydrogen) atoms. The molecule has 0 spiro atoms. The monoisotopic (exact) mass is 631 g/mol. The minimum Gasteiger partial charge on any atom is -0.458 e. The van der Waals surface area contributed by atoms with E-state index >= 15 is 0 Å². The number of rotatable bonds is 4. The maximum absolute atomic E-state index is 6.38. The Morgan fingerprint density at radius 3 is 2.18 bits per heavy atom. The first kappa shape index (κ1) is 28.6. The quantitative estimate of drug-likeness (QED) is 0.193. The predicted octanol–water partition coefficient (Wildman–Crippen LogP) is 11.2. The van der Waals surface area contributed by atoms with Crippen molar-refractivity contribution in [3.63, 3.8) is 0 Å². The van der Waals surface area contributed by atoms with Crippen molar-refractivity contribution < 1.29 is 9.15 Å². The van der Waals surface area contributed by atoms with Gasteiger partial charge in [-0.3, -0.25) is 0 Å². The lowest BCUT2D eigenvalue weighted by Gasteiger charge is -2.13. The Morgan fingerprint density at radius 1 is 0.551 bits per heavy atom. The molecule has 0 saturated heterocycles. The lowest BCUT2D eigenvalue weighted by molar-refractivity contribution is 0.443. The molecule has 0 unspecified atom stereocenters. The van der Waals surface area contributed by atoms with Crippen molar-refractivity contribution >= 4 is 32.7 Å². The second-order valence-electron chi connectivity index (χ2n) is 12.1. The highest BCUT2D eigenvalue weighted by Gasteiger charge is 2.19. The summed E-state index contributed by atoms with van der Waals surface area (Å²) in [6.07, 6.45) is 8.64. The molecular formula is C44H29N3O2. The van der Waals surface area contributed by atoms with Gasteiger partial charge < -0.3 is 9.15 Å². The van der Waals surface area contributed by atoms with Gasteiger partial charge in [-0.2, -0.15) is 0 Å². The number of nitrogens with zero attached hydrogens (tertiary/aromatic N) is 3. The molecule has 6 aromatic carbocycles. The number of hydrogen-bond acceptors (Lipinski definition) is 5.